The Bertz CT molecular complexity index is 1560. The van der Waals surface area contributed by atoms with E-state index in [0.717, 1.165) is 42.2 Å². The van der Waals surface area contributed by atoms with E-state index in [4.69, 9.17) is 11.6 Å². The molecule has 2 amide bonds. The summed E-state index contributed by atoms with van der Waals surface area (Å²) in [5, 5.41) is 8.86. The van der Waals surface area contributed by atoms with Gasteiger partial charge in [0.2, 0.25) is 0 Å². The zero-order chi connectivity index (χ0) is 30.2. The average molecular weight is 609 g/mol. The van der Waals surface area contributed by atoms with E-state index in [-0.39, 0.29) is 27.0 Å². The summed E-state index contributed by atoms with van der Waals surface area (Å²) in [5.41, 5.74) is 2.86. The van der Waals surface area contributed by atoms with Gasteiger partial charge in [-0.05, 0) is 57.2 Å². The first-order valence-electron chi connectivity index (χ1n) is 13.7. The third kappa shape index (κ3) is 7.38. The minimum atomic E-state index is -0.651. The molecule has 0 aliphatic heterocycles. The Labute approximate surface area is 254 Å². The second kappa shape index (κ2) is 14.5. The summed E-state index contributed by atoms with van der Waals surface area (Å²) in [4.78, 5) is 37.7. The Morgan fingerprint density at radius 3 is 2.38 bits per heavy atom. The van der Waals surface area contributed by atoms with Crippen LogP contribution < -0.4 is 16.0 Å². The third-order valence-electron chi connectivity index (χ3n) is 6.66. The van der Waals surface area contributed by atoms with Crippen molar-refractivity contribution in [3.8, 4) is 11.1 Å². The van der Waals surface area contributed by atoms with Crippen LogP contribution in [0.1, 0.15) is 56.7 Å². The monoisotopic (exact) mass is 608 g/mol. The van der Waals surface area contributed by atoms with Gasteiger partial charge in [-0.3, -0.25) is 19.5 Å². The van der Waals surface area contributed by atoms with E-state index in [1.54, 1.807) is 42.6 Å². The van der Waals surface area contributed by atoms with E-state index < -0.39 is 17.6 Å². The summed E-state index contributed by atoms with van der Waals surface area (Å²) in [6.07, 6.45) is 2.77. The number of aromatic nitrogens is 2. The molecule has 0 spiro atoms. The number of thiazole rings is 1. The molecule has 0 bridgehead atoms. The van der Waals surface area contributed by atoms with Crippen LogP contribution in [0.15, 0.2) is 54.7 Å². The molecule has 0 saturated heterocycles. The van der Waals surface area contributed by atoms with Gasteiger partial charge in [-0.1, -0.05) is 55.8 Å². The predicted molar refractivity (Wildman–Crippen MR) is 168 cm³/mol. The van der Waals surface area contributed by atoms with Crippen molar-refractivity contribution >= 4 is 46.1 Å². The third-order valence-corrected chi connectivity index (χ3v) is 8.22. The number of benzene rings is 2. The molecular weight excluding hydrogens is 575 g/mol. The second-order valence-electron chi connectivity index (χ2n) is 9.72. The number of hydrogen-bond donors (Lipinski definition) is 3. The van der Waals surface area contributed by atoms with Gasteiger partial charge < -0.3 is 16.0 Å². The van der Waals surface area contributed by atoms with Crippen LogP contribution in [0, 0.1) is 12.7 Å². The Hall–Kier alpha value is -3.70. The zero-order valence-electron chi connectivity index (χ0n) is 24.1. The smallest absolute Gasteiger partial charge is 0.284 e. The van der Waals surface area contributed by atoms with Crippen LogP contribution in [0.3, 0.4) is 0 Å². The maximum atomic E-state index is 15.7. The number of halogens is 2. The number of carbonyl (C=O) groups excluding carboxylic acids is 2. The molecule has 42 heavy (non-hydrogen) atoms. The minimum Gasteiger partial charge on any atom is -0.319 e. The van der Waals surface area contributed by atoms with Crippen LogP contribution in [0.5, 0.6) is 0 Å². The number of nitrogens with zero attached hydrogens (tertiary/aromatic N) is 3. The largest absolute Gasteiger partial charge is 0.319 e. The zero-order valence-corrected chi connectivity index (χ0v) is 25.6. The number of carbonyl (C=O) groups is 2. The van der Waals surface area contributed by atoms with Crippen LogP contribution >= 0.6 is 22.9 Å². The molecule has 2 heterocycles. The fourth-order valence-electron chi connectivity index (χ4n) is 4.46. The van der Waals surface area contributed by atoms with Gasteiger partial charge in [-0.25, -0.2) is 9.37 Å². The molecule has 3 N–H and O–H groups in total. The van der Waals surface area contributed by atoms with Gasteiger partial charge in [-0.2, -0.15) is 0 Å². The number of rotatable bonds is 12. The van der Waals surface area contributed by atoms with Gasteiger partial charge >= 0.3 is 0 Å². The molecule has 0 aliphatic carbocycles. The van der Waals surface area contributed by atoms with E-state index in [1.807, 2.05) is 20.0 Å². The average Bonchev–Trinajstić information content (AvgIpc) is 3.35. The van der Waals surface area contributed by atoms with Gasteiger partial charge in [-0.15, -0.1) is 11.3 Å². The molecule has 4 aromatic rings. The van der Waals surface area contributed by atoms with Crippen molar-refractivity contribution in [3.05, 3.63) is 92.4 Å². The van der Waals surface area contributed by atoms with E-state index >= 15 is 4.39 Å². The summed E-state index contributed by atoms with van der Waals surface area (Å²) in [6, 6.07) is 13.2. The maximum absolute atomic E-state index is 15.7. The normalized spacial score (nSPS) is 11.1. The summed E-state index contributed by atoms with van der Waals surface area (Å²) in [6.45, 7) is 9.36. The van der Waals surface area contributed by atoms with Crippen molar-refractivity contribution in [2.75, 3.05) is 30.8 Å². The minimum absolute atomic E-state index is 0.00381. The highest BCUT2D eigenvalue weighted by molar-refractivity contribution is 7.13. The lowest BCUT2D eigenvalue weighted by Crippen LogP contribution is -2.23. The Morgan fingerprint density at radius 1 is 1.00 bits per heavy atom. The Morgan fingerprint density at radius 2 is 1.71 bits per heavy atom. The van der Waals surface area contributed by atoms with E-state index in [2.05, 4.69) is 44.7 Å². The molecule has 0 aliphatic rings. The summed E-state index contributed by atoms with van der Waals surface area (Å²) in [7, 11) is 1.81. The maximum Gasteiger partial charge on any atom is 0.284 e. The molecule has 220 valence electrons. The first-order chi connectivity index (χ1) is 20.2. The van der Waals surface area contributed by atoms with Crippen molar-refractivity contribution in [2.45, 2.75) is 40.3 Å². The van der Waals surface area contributed by atoms with Crippen LogP contribution in [0.25, 0.3) is 11.1 Å². The summed E-state index contributed by atoms with van der Waals surface area (Å²) >= 11 is 7.93. The number of anilines is 2. The van der Waals surface area contributed by atoms with Gasteiger partial charge in [0.15, 0.2) is 10.8 Å². The van der Waals surface area contributed by atoms with Crippen LogP contribution in [0.2, 0.25) is 5.02 Å². The topological polar surface area (TPSA) is 99.3 Å². The molecule has 0 saturated carbocycles. The number of amides is 2. The van der Waals surface area contributed by atoms with Crippen molar-refractivity contribution in [1.82, 2.24) is 20.2 Å². The van der Waals surface area contributed by atoms with Crippen LogP contribution in [0.4, 0.5) is 15.8 Å². The molecule has 2 aromatic carbocycles. The first kappa shape index (κ1) is 31.2. The lowest BCUT2D eigenvalue weighted by molar-refractivity contribution is 0.101. The highest BCUT2D eigenvalue weighted by Gasteiger charge is 2.20. The fraction of sp³-hybridized carbons (Fsp3) is 0.290. The Kier molecular flexibility index (Phi) is 10.8. The Balaban J connectivity index is 1.51. The quantitative estimate of drug-likeness (QED) is 0.164. The standard InChI is InChI=1S/C31H34ClFN6O2S/c1-5-15-39(6-2)18-20-13-14-25(35-16-20)29(40)37-23-11-7-9-21(27(23)32)22-10-8-12-24(28(22)33)38-30(41)31-36-19(3)26(42-31)17-34-4/h7-14,16,34H,5-6,15,17-18H2,1-4H3,(H,37,40)(H,38,41). The molecule has 4 rings (SSSR count). The molecule has 8 nitrogen and oxygen atoms in total. The number of nitrogens with one attached hydrogen (secondary N) is 3. The van der Waals surface area contributed by atoms with Gasteiger partial charge in [0.05, 0.1) is 22.1 Å². The van der Waals surface area contributed by atoms with E-state index in [1.165, 1.54) is 17.4 Å². The SMILES string of the molecule is CCCN(CC)Cc1ccc(C(=O)Nc2cccc(-c3cccc(NC(=O)c4nc(C)c(CNC)s4)c3F)c2Cl)nc1. The van der Waals surface area contributed by atoms with Crippen molar-refractivity contribution in [3.63, 3.8) is 0 Å². The van der Waals surface area contributed by atoms with E-state index in [0.29, 0.717) is 17.8 Å². The lowest BCUT2D eigenvalue weighted by atomic mass is 10.0. The lowest BCUT2D eigenvalue weighted by Gasteiger charge is -2.19. The first-order valence-corrected chi connectivity index (χ1v) is 14.9. The number of pyridine rings is 1. The fourth-order valence-corrected chi connectivity index (χ4v) is 5.71. The van der Waals surface area contributed by atoms with Crippen LogP contribution in [-0.2, 0) is 13.1 Å². The van der Waals surface area contributed by atoms with Gasteiger partial charge in [0.1, 0.15) is 5.69 Å². The molecular formula is C31H34ClFN6O2S. The highest BCUT2D eigenvalue weighted by Crippen LogP contribution is 2.37. The summed E-state index contributed by atoms with van der Waals surface area (Å²) < 4.78 is 15.7. The second-order valence-corrected chi connectivity index (χ2v) is 11.2. The molecule has 2 aromatic heterocycles. The van der Waals surface area contributed by atoms with Gasteiger partial charge in [0, 0.05) is 35.3 Å². The highest BCUT2D eigenvalue weighted by atomic mass is 35.5. The molecule has 11 heteroatoms. The molecule has 0 radical (unpaired) electrons. The molecule has 0 fully saturated rings. The predicted octanol–water partition coefficient (Wildman–Crippen LogP) is 6.76. The molecule has 0 unspecified atom stereocenters. The van der Waals surface area contributed by atoms with Crippen molar-refractivity contribution < 1.29 is 14.0 Å². The van der Waals surface area contributed by atoms with Crippen molar-refractivity contribution in [2.24, 2.45) is 0 Å². The summed E-state index contributed by atoms with van der Waals surface area (Å²) in [5.74, 6) is -1.58. The van der Waals surface area contributed by atoms with E-state index in [9.17, 15) is 9.59 Å². The van der Waals surface area contributed by atoms with Gasteiger partial charge in [0.25, 0.3) is 11.8 Å². The molecule has 0 atom stereocenters. The van der Waals surface area contributed by atoms with Crippen LogP contribution in [-0.4, -0.2) is 46.8 Å². The number of aryl methyl sites for hydroxylation is 1. The van der Waals surface area contributed by atoms with Crippen molar-refractivity contribution in [1.29, 1.82) is 0 Å². The number of hydrogen-bond acceptors (Lipinski definition) is 7.